The van der Waals surface area contributed by atoms with E-state index in [-0.39, 0.29) is 6.10 Å². The van der Waals surface area contributed by atoms with Crippen LogP contribution in [0.3, 0.4) is 0 Å². The number of benzene rings is 1. The van der Waals surface area contributed by atoms with Crippen molar-refractivity contribution in [3.05, 3.63) is 28.8 Å². The molecule has 1 rings (SSSR count). The van der Waals surface area contributed by atoms with Gasteiger partial charge in [0.25, 0.3) is 0 Å². The van der Waals surface area contributed by atoms with Crippen molar-refractivity contribution in [3.8, 4) is 5.75 Å². The van der Waals surface area contributed by atoms with Crippen LogP contribution in [0.5, 0.6) is 5.75 Å². The first-order valence-electron chi connectivity index (χ1n) is 7.46. The summed E-state index contributed by atoms with van der Waals surface area (Å²) in [5.41, 5.74) is 3.52. The minimum absolute atomic E-state index is 0.197. The Morgan fingerprint density at radius 2 is 1.65 bits per heavy atom. The summed E-state index contributed by atoms with van der Waals surface area (Å²) < 4.78 is 5.86. The number of aliphatic hydroxyl groups is 1. The maximum absolute atomic E-state index is 9.55. The van der Waals surface area contributed by atoms with Gasteiger partial charge in [0, 0.05) is 6.54 Å². The number of aryl methyl sites for hydroxylation is 2. The SMILES string of the molecule is Cc1cc(CNCC(C)C)cc(C)c1OC(C)C(C)O. The summed E-state index contributed by atoms with van der Waals surface area (Å²) >= 11 is 0. The van der Waals surface area contributed by atoms with Crippen molar-refractivity contribution in [1.29, 1.82) is 0 Å². The quantitative estimate of drug-likeness (QED) is 0.805. The van der Waals surface area contributed by atoms with Crippen LogP contribution in [0.15, 0.2) is 12.1 Å². The first kappa shape index (κ1) is 17.0. The zero-order chi connectivity index (χ0) is 15.3. The second-order valence-corrected chi connectivity index (χ2v) is 6.15. The summed E-state index contributed by atoms with van der Waals surface area (Å²) in [6.07, 6.45) is -0.668. The fourth-order valence-electron chi connectivity index (χ4n) is 2.12. The number of hydrogen-bond donors (Lipinski definition) is 2. The lowest BCUT2D eigenvalue weighted by Gasteiger charge is -2.21. The molecule has 1 aromatic carbocycles. The van der Waals surface area contributed by atoms with Gasteiger partial charge >= 0.3 is 0 Å². The van der Waals surface area contributed by atoms with E-state index >= 15 is 0 Å². The van der Waals surface area contributed by atoms with Gasteiger partial charge < -0.3 is 15.2 Å². The van der Waals surface area contributed by atoms with Gasteiger partial charge in [0.05, 0.1) is 6.10 Å². The number of hydrogen-bond acceptors (Lipinski definition) is 3. The van der Waals surface area contributed by atoms with Crippen LogP contribution in [0.1, 0.15) is 44.4 Å². The number of ether oxygens (including phenoxy) is 1. The summed E-state index contributed by atoms with van der Waals surface area (Å²) in [6.45, 7) is 14.1. The molecule has 114 valence electrons. The third-order valence-corrected chi connectivity index (χ3v) is 3.38. The van der Waals surface area contributed by atoms with E-state index < -0.39 is 6.10 Å². The molecule has 0 radical (unpaired) electrons. The fourth-order valence-corrected chi connectivity index (χ4v) is 2.12. The molecule has 0 aliphatic carbocycles. The highest BCUT2D eigenvalue weighted by atomic mass is 16.5. The van der Waals surface area contributed by atoms with Gasteiger partial charge in [0.2, 0.25) is 0 Å². The lowest BCUT2D eigenvalue weighted by atomic mass is 10.0. The predicted molar refractivity (Wildman–Crippen MR) is 84.2 cm³/mol. The van der Waals surface area contributed by atoms with Crippen molar-refractivity contribution < 1.29 is 9.84 Å². The van der Waals surface area contributed by atoms with E-state index in [1.165, 1.54) is 5.56 Å². The van der Waals surface area contributed by atoms with E-state index in [2.05, 4.69) is 45.1 Å². The van der Waals surface area contributed by atoms with Gasteiger partial charge in [-0.3, -0.25) is 0 Å². The van der Waals surface area contributed by atoms with Crippen LogP contribution in [-0.2, 0) is 6.54 Å². The van der Waals surface area contributed by atoms with Crippen LogP contribution >= 0.6 is 0 Å². The van der Waals surface area contributed by atoms with Gasteiger partial charge in [0.15, 0.2) is 0 Å². The van der Waals surface area contributed by atoms with Crippen LogP contribution in [0, 0.1) is 19.8 Å². The van der Waals surface area contributed by atoms with Crippen LogP contribution in [0.25, 0.3) is 0 Å². The second kappa shape index (κ2) is 7.65. The molecular formula is C17H29NO2. The highest BCUT2D eigenvalue weighted by molar-refractivity contribution is 5.43. The van der Waals surface area contributed by atoms with E-state index in [0.717, 1.165) is 30.0 Å². The van der Waals surface area contributed by atoms with Gasteiger partial charge in [-0.2, -0.15) is 0 Å². The Morgan fingerprint density at radius 3 is 2.10 bits per heavy atom. The van der Waals surface area contributed by atoms with Crippen molar-refractivity contribution in [2.75, 3.05) is 6.54 Å². The molecule has 0 spiro atoms. The van der Waals surface area contributed by atoms with Crippen molar-refractivity contribution >= 4 is 0 Å². The molecule has 0 aliphatic rings. The minimum Gasteiger partial charge on any atom is -0.487 e. The maximum Gasteiger partial charge on any atom is 0.125 e. The zero-order valence-electron chi connectivity index (χ0n) is 13.7. The summed E-state index contributed by atoms with van der Waals surface area (Å²) in [7, 11) is 0. The molecular weight excluding hydrogens is 250 g/mol. The summed E-state index contributed by atoms with van der Waals surface area (Å²) in [4.78, 5) is 0. The van der Waals surface area contributed by atoms with E-state index in [1.54, 1.807) is 6.92 Å². The topological polar surface area (TPSA) is 41.5 Å². The Bertz CT molecular complexity index is 404. The third kappa shape index (κ3) is 5.14. The average molecular weight is 279 g/mol. The Morgan fingerprint density at radius 1 is 1.10 bits per heavy atom. The molecule has 0 aromatic heterocycles. The van der Waals surface area contributed by atoms with Crippen molar-refractivity contribution in [1.82, 2.24) is 5.32 Å². The number of aliphatic hydroxyl groups excluding tert-OH is 1. The number of nitrogens with one attached hydrogen (secondary N) is 1. The molecule has 2 atom stereocenters. The molecule has 2 N–H and O–H groups in total. The molecule has 2 unspecified atom stereocenters. The molecule has 0 heterocycles. The molecule has 3 nitrogen and oxygen atoms in total. The monoisotopic (exact) mass is 279 g/mol. The van der Waals surface area contributed by atoms with Gasteiger partial charge in [-0.05, 0) is 56.8 Å². The molecule has 0 bridgehead atoms. The van der Waals surface area contributed by atoms with Crippen LogP contribution < -0.4 is 10.1 Å². The Balaban J connectivity index is 2.76. The fraction of sp³-hybridized carbons (Fsp3) is 0.647. The maximum atomic E-state index is 9.55. The Labute approximate surface area is 123 Å². The zero-order valence-corrected chi connectivity index (χ0v) is 13.7. The second-order valence-electron chi connectivity index (χ2n) is 6.15. The first-order chi connectivity index (χ1) is 9.31. The molecule has 1 aromatic rings. The third-order valence-electron chi connectivity index (χ3n) is 3.38. The number of rotatable bonds is 7. The minimum atomic E-state index is -0.471. The Kier molecular flexibility index (Phi) is 6.50. The largest absolute Gasteiger partial charge is 0.487 e. The van der Waals surface area contributed by atoms with Gasteiger partial charge in [-0.15, -0.1) is 0 Å². The lowest BCUT2D eigenvalue weighted by molar-refractivity contribution is 0.0595. The summed E-state index contributed by atoms with van der Waals surface area (Å²) in [5, 5.41) is 13.0. The van der Waals surface area contributed by atoms with E-state index in [4.69, 9.17) is 4.74 Å². The van der Waals surface area contributed by atoms with E-state index in [9.17, 15) is 5.11 Å². The lowest BCUT2D eigenvalue weighted by Crippen LogP contribution is -2.26. The normalized spacial score (nSPS) is 14.4. The van der Waals surface area contributed by atoms with Crippen molar-refractivity contribution in [2.24, 2.45) is 5.92 Å². The van der Waals surface area contributed by atoms with Crippen LogP contribution in [0.4, 0.5) is 0 Å². The van der Waals surface area contributed by atoms with Gasteiger partial charge in [-0.25, -0.2) is 0 Å². The highest BCUT2D eigenvalue weighted by Gasteiger charge is 2.14. The van der Waals surface area contributed by atoms with Gasteiger partial charge in [-0.1, -0.05) is 26.0 Å². The molecule has 0 aliphatic heterocycles. The molecule has 0 fully saturated rings. The molecule has 0 amide bonds. The van der Waals surface area contributed by atoms with E-state index in [1.807, 2.05) is 6.92 Å². The first-order valence-corrected chi connectivity index (χ1v) is 7.46. The average Bonchev–Trinajstić information content (AvgIpc) is 2.32. The Hall–Kier alpha value is -1.06. The van der Waals surface area contributed by atoms with Crippen molar-refractivity contribution in [3.63, 3.8) is 0 Å². The standard InChI is InChI=1S/C17H29NO2/c1-11(2)9-18-10-16-7-12(3)17(13(4)8-16)20-15(6)14(5)19/h7-8,11,14-15,18-19H,9-10H2,1-6H3. The summed E-state index contributed by atoms with van der Waals surface area (Å²) in [5.74, 6) is 1.55. The predicted octanol–water partition coefficient (Wildman–Crippen LogP) is 3.20. The smallest absolute Gasteiger partial charge is 0.125 e. The van der Waals surface area contributed by atoms with Crippen LogP contribution in [0.2, 0.25) is 0 Å². The highest BCUT2D eigenvalue weighted by Crippen LogP contribution is 2.26. The van der Waals surface area contributed by atoms with Crippen LogP contribution in [-0.4, -0.2) is 23.9 Å². The summed E-state index contributed by atoms with van der Waals surface area (Å²) in [6, 6.07) is 4.31. The van der Waals surface area contributed by atoms with Gasteiger partial charge in [0.1, 0.15) is 11.9 Å². The molecule has 0 saturated carbocycles. The van der Waals surface area contributed by atoms with Crippen molar-refractivity contribution in [2.45, 2.75) is 60.3 Å². The molecule has 3 heteroatoms. The molecule has 0 saturated heterocycles. The van der Waals surface area contributed by atoms with E-state index in [0.29, 0.717) is 5.92 Å². The molecule has 20 heavy (non-hydrogen) atoms.